The van der Waals surface area contributed by atoms with Crippen molar-refractivity contribution in [2.75, 3.05) is 32.8 Å². The van der Waals surface area contributed by atoms with Crippen LogP contribution in [0.5, 0.6) is 5.75 Å². The Bertz CT molecular complexity index is 797. The van der Waals surface area contributed by atoms with Gasteiger partial charge < -0.3 is 19.5 Å². The minimum atomic E-state index is -0.140. The van der Waals surface area contributed by atoms with Crippen molar-refractivity contribution < 1.29 is 24.2 Å². The van der Waals surface area contributed by atoms with Gasteiger partial charge in [0.15, 0.2) is 0 Å². The lowest BCUT2D eigenvalue weighted by atomic mass is 10.0. The fourth-order valence-electron chi connectivity index (χ4n) is 5.23. The predicted molar refractivity (Wildman–Crippen MR) is 169 cm³/mol. The standard InChI is InChI=1S/C35H61NO5/c1-4-7-8-15-20-29-40-34(38)21-16-11-9-13-18-25-36(27-28-37)26-19-14-10-12-17-22-35(39)41-33-24-23-31(5-2)32(6-3)30-33/h23-24,30,37H,4-22,25-29H2,1-3H3. The first kappa shape index (κ1) is 37.1. The lowest BCUT2D eigenvalue weighted by Crippen LogP contribution is -2.29. The number of hydrogen-bond donors (Lipinski definition) is 1. The summed E-state index contributed by atoms with van der Waals surface area (Å²) in [7, 11) is 0. The quantitative estimate of drug-likeness (QED) is 0.0647. The van der Waals surface area contributed by atoms with Gasteiger partial charge in [0, 0.05) is 19.4 Å². The van der Waals surface area contributed by atoms with Crippen LogP contribution in [0.3, 0.4) is 0 Å². The van der Waals surface area contributed by atoms with E-state index in [1.165, 1.54) is 30.4 Å². The summed E-state index contributed by atoms with van der Waals surface area (Å²) in [4.78, 5) is 26.4. The Balaban J connectivity index is 2.02. The van der Waals surface area contributed by atoms with Crippen LogP contribution in [-0.4, -0.2) is 54.8 Å². The van der Waals surface area contributed by atoms with Gasteiger partial charge in [-0.05, 0) is 81.3 Å². The smallest absolute Gasteiger partial charge is 0.311 e. The summed E-state index contributed by atoms with van der Waals surface area (Å²) in [6.45, 7) is 10.0. The molecule has 0 aromatic heterocycles. The number of aliphatic hydroxyl groups is 1. The molecule has 0 spiro atoms. The Hall–Kier alpha value is -1.92. The number of esters is 2. The molecule has 6 nitrogen and oxygen atoms in total. The molecule has 0 bridgehead atoms. The average molecular weight is 576 g/mol. The summed E-state index contributed by atoms with van der Waals surface area (Å²) in [5.74, 6) is 0.479. The summed E-state index contributed by atoms with van der Waals surface area (Å²) in [6.07, 6.45) is 19.5. The molecule has 0 amide bonds. The van der Waals surface area contributed by atoms with Gasteiger partial charge in [-0.1, -0.05) is 91.0 Å². The van der Waals surface area contributed by atoms with Gasteiger partial charge in [0.1, 0.15) is 5.75 Å². The Kier molecular flexibility index (Phi) is 23.3. The minimum absolute atomic E-state index is 0.0438. The summed E-state index contributed by atoms with van der Waals surface area (Å²) in [5, 5.41) is 9.43. The summed E-state index contributed by atoms with van der Waals surface area (Å²) in [5.41, 5.74) is 2.57. The van der Waals surface area contributed by atoms with Crippen molar-refractivity contribution in [3.8, 4) is 5.75 Å². The van der Waals surface area contributed by atoms with Crippen molar-refractivity contribution >= 4 is 11.9 Å². The molecule has 0 aliphatic carbocycles. The monoisotopic (exact) mass is 575 g/mol. The molecule has 0 aliphatic heterocycles. The molecule has 1 aromatic carbocycles. The number of benzene rings is 1. The fraction of sp³-hybridized carbons (Fsp3) is 0.771. The highest BCUT2D eigenvalue weighted by molar-refractivity contribution is 5.72. The van der Waals surface area contributed by atoms with E-state index in [4.69, 9.17) is 9.47 Å². The van der Waals surface area contributed by atoms with Crippen molar-refractivity contribution in [1.29, 1.82) is 0 Å². The molecule has 0 unspecified atom stereocenters. The molecule has 0 radical (unpaired) electrons. The molecule has 236 valence electrons. The lowest BCUT2D eigenvalue weighted by molar-refractivity contribution is -0.144. The van der Waals surface area contributed by atoms with E-state index in [9.17, 15) is 14.7 Å². The van der Waals surface area contributed by atoms with Crippen LogP contribution in [0.1, 0.15) is 141 Å². The van der Waals surface area contributed by atoms with E-state index in [-0.39, 0.29) is 18.5 Å². The number of unbranched alkanes of at least 4 members (excludes halogenated alkanes) is 12. The van der Waals surface area contributed by atoms with Gasteiger partial charge in [0.2, 0.25) is 0 Å². The number of rotatable bonds is 27. The van der Waals surface area contributed by atoms with Crippen molar-refractivity contribution in [2.45, 2.75) is 143 Å². The second-order valence-electron chi connectivity index (χ2n) is 11.3. The highest BCUT2D eigenvalue weighted by Crippen LogP contribution is 2.20. The second-order valence-corrected chi connectivity index (χ2v) is 11.3. The van der Waals surface area contributed by atoms with Crippen LogP contribution in [0.2, 0.25) is 0 Å². The molecule has 0 heterocycles. The first-order chi connectivity index (χ1) is 20.0. The highest BCUT2D eigenvalue weighted by Gasteiger charge is 2.08. The number of hydrogen-bond acceptors (Lipinski definition) is 6. The van der Waals surface area contributed by atoms with Gasteiger partial charge in [0.05, 0.1) is 13.2 Å². The maximum atomic E-state index is 12.2. The number of carbonyl (C=O) groups excluding carboxylic acids is 2. The summed E-state index contributed by atoms with van der Waals surface area (Å²) < 4.78 is 10.9. The number of nitrogens with zero attached hydrogens (tertiary/aromatic N) is 1. The summed E-state index contributed by atoms with van der Waals surface area (Å²) in [6, 6.07) is 5.98. The molecule has 41 heavy (non-hydrogen) atoms. The Morgan fingerprint density at radius 2 is 1.22 bits per heavy atom. The molecule has 0 atom stereocenters. The average Bonchev–Trinajstić information content (AvgIpc) is 2.97. The molecular formula is C35H61NO5. The van der Waals surface area contributed by atoms with Gasteiger partial charge in [-0.3, -0.25) is 9.59 Å². The lowest BCUT2D eigenvalue weighted by Gasteiger charge is -2.21. The first-order valence-electron chi connectivity index (χ1n) is 16.8. The van der Waals surface area contributed by atoms with Crippen LogP contribution in [0.25, 0.3) is 0 Å². The number of carbonyl (C=O) groups is 2. The van der Waals surface area contributed by atoms with Crippen molar-refractivity contribution in [1.82, 2.24) is 4.90 Å². The van der Waals surface area contributed by atoms with E-state index in [1.54, 1.807) is 0 Å². The molecule has 1 N–H and O–H groups in total. The van der Waals surface area contributed by atoms with E-state index >= 15 is 0 Å². The van der Waals surface area contributed by atoms with E-state index in [0.29, 0.717) is 25.2 Å². The Labute approximate surface area is 251 Å². The van der Waals surface area contributed by atoms with Gasteiger partial charge in [-0.25, -0.2) is 0 Å². The largest absolute Gasteiger partial charge is 0.466 e. The number of aryl methyl sites for hydroxylation is 2. The first-order valence-corrected chi connectivity index (χ1v) is 16.8. The van der Waals surface area contributed by atoms with Gasteiger partial charge in [-0.2, -0.15) is 0 Å². The molecule has 0 fully saturated rings. The SMILES string of the molecule is CCCCCCCOC(=O)CCCCCCCN(CCO)CCCCCCCC(=O)Oc1ccc(CC)c(CC)c1. The van der Waals surface area contributed by atoms with E-state index < -0.39 is 0 Å². The third kappa shape index (κ3) is 19.8. The van der Waals surface area contributed by atoms with Gasteiger partial charge in [0.25, 0.3) is 0 Å². The van der Waals surface area contributed by atoms with Gasteiger partial charge in [-0.15, -0.1) is 0 Å². The molecule has 0 aliphatic rings. The van der Waals surface area contributed by atoms with Crippen LogP contribution in [-0.2, 0) is 27.2 Å². The Morgan fingerprint density at radius 1 is 0.659 bits per heavy atom. The second kappa shape index (κ2) is 25.8. The molecule has 0 saturated carbocycles. The zero-order valence-corrected chi connectivity index (χ0v) is 26.7. The molecule has 1 rings (SSSR count). The van der Waals surface area contributed by atoms with Gasteiger partial charge >= 0.3 is 11.9 Å². The van der Waals surface area contributed by atoms with Crippen LogP contribution < -0.4 is 4.74 Å². The van der Waals surface area contributed by atoms with Crippen LogP contribution in [0.15, 0.2) is 18.2 Å². The molecule has 0 saturated heterocycles. The zero-order valence-electron chi connectivity index (χ0n) is 26.7. The van der Waals surface area contributed by atoms with Crippen LogP contribution >= 0.6 is 0 Å². The van der Waals surface area contributed by atoms with Crippen molar-refractivity contribution in [3.63, 3.8) is 0 Å². The van der Waals surface area contributed by atoms with Crippen molar-refractivity contribution in [2.24, 2.45) is 0 Å². The topological polar surface area (TPSA) is 76.1 Å². The summed E-state index contributed by atoms with van der Waals surface area (Å²) >= 11 is 0. The molecule has 1 aromatic rings. The molecular weight excluding hydrogens is 514 g/mol. The van der Waals surface area contributed by atoms with Crippen molar-refractivity contribution in [3.05, 3.63) is 29.3 Å². The maximum absolute atomic E-state index is 12.2. The number of aliphatic hydroxyl groups excluding tert-OH is 1. The van der Waals surface area contributed by atoms with Crippen LogP contribution in [0, 0.1) is 0 Å². The maximum Gasteiger partial charge on any atom is 0.311 e. The predicted octanol–water partition coefficient (Wildman–Crippen LogP) is 8.21. The normalized spacial score (nSPS) is 11.2. The minimum Gasteiger partial charge on any atom is -0.466 e. The third-order valence-electron chi connectivity index (χ3n) is 7.81. The van der Waals surface area contributed by atoms with Crippen LogP contribution in [0.4, 0.5) is 0 Å². The third-order valence-corrected chi connectivity index (χ3v) is 7.81. The van der Waals surface area contributed by atoms with E-state index in [1.807, 2.05) is 12.1 Å². The Morgan fingerprint density at radius 3 is 1.83 bits per heavy atom. The number of ether oxygens (including phenoxy) is 2. The highest BCUT2D eigenvalue weighted by atomic mass is 16.5. The fourth-order valence-corrected chi connectivity index (χ4v) is 5.23. The van der Waals surface area contributed by atoms with E-state index in [0.717, 1.165) is 110 Å². The van der Waals surface area contributed by atoms with E-state index in [2.05, 4.69) is 31.7 Å². The zero-order chi connectivity index (χ0) is 30.0. The molecule has 6 heteroatoms.